The molecule has 3 N–H and O–H groups in total. The third-order valence-corrected chi connectivity index (χ3v) is 2.56. The Labute approximate surface area is 104 Å². The van der Waals surface area contributed by atoms with E-state index >= 15 is 0 Å². The van der Waals surface area contributed by atoms with E-state index in [9.17, 15) is 0 Å². The van der Waals surface area contributed by atoms with E-state index in [-0.39, 0.29) is 16.5 Å². The van der Waals surface area contributed by atoms with Gasteiger partial charge < -0.3 is 5.32 Å². The average molecular weight is 266 g/mol. The van der Waals surface area contributed by atoms with E-state index in [1.54, 1.807) is 0 Å². The SMILES string of the molecule is CC[C@@H](C)Nc1nc(Cl)nc(Cl)c1[NH2+]OC. The molecule has 0 spiro atoms. The van der Waals surface area contributed by atoms with Crippen molar-refractivity contribution < 1.29 is 10.3 Å². The summed E-state index contributed by atoms with van der Waals surface area (Å²) in [5, 5.41) is 3.58. The van der Waals surface area contributed by atoms with Crippen LogP contribution in [-0.2, 0) is 4.84 Å². The van der Waals surface area contributed by atoms with Crippen LogP contribution < -0.4 is 10.8 Å². The zero-order valence-electron chi connectivity index (χ0n) is 9.42. The topological polar surface area (TPSA) is 63.7 Å². The van der Waals surface area contributed by atoms with Crippen molar-refractivity contribution in [1.82, 2.24) is 9.97 Å². The smallest absolute Gasteiger partial charge is 0.242 e. The van der Waals surface area contributed by atoms with Crippen LogP contribution in [-0.4, -0.2) is 23.1 Å². The van der Waals surface area contributed by atoms with Crippen molar-refractivity contribution in [3.8, 4) is 0 Å². The van der Waals surface area contributed by atoms with E-state index in [0.717, 1.165) is 6.42 Å². The first-order valence-corrected chi connectivity index (χ1v) is 5.69. The first-order chi connectivity index (χ1) is 7.58. The first kappa shape index (κ1) is 13.4. The Hall–Kier alpha value is -0.620. The molecule has 0 aromatic carbocycles. The van der Waals surface area contributed by atoms with Crippen molar-refractivity contribution in [3.63, 3.8) is 0 Å². The van der Waals surface area contributed by atoms with Crippen molar-refractivity contribution in [2.24, 2.45) is 0 Å². The quantitative estimate of drug-likeness (QED) is 0.484. The maximum absolute atomic E-state index is 5.95. The lowest BCUT2D eigenvalue weighted by Gasteiger charge is -2.13. The number of rotatable bonds is 5. The highest BCUT2D eigenvalue weighted by atomic mass is 35.5. The molecular weight excluding hydrogens is 251 g/mol. The van der Waals surface area contributed by atoms with E-state index in [4.69, 9.17) is 28.0 Å². The van der Waals surface area contributed by atoms with E-state index in [1.807, 2.05) is 6.92 Å². The van der Waals surface area contributed by atoms with Crippen LogP contribution in [0.25, 0.3) is 0 Å². The van der Waals surface area contributed by atoms with Gasteiger partial charge in [-0.25, -0.2) is 4.84 Å². The fourth-order valence-corrected chi connectivity index (χ4v) is 1.51. The van der Waals surface area contributed by atoms with Crippen LogP contribution >= 0.6 is 23.2 Å². The van der Waals surface area contributed by atoms with Gasteiger partial charge in [0.05, 0.1) is 7.11 Å². The molecule has 1 heterocycles. The Kier molecular flexibility index (Phi) is 5.21. The van der Waals surface area contributed by atoms with Gasteiger partial charge in [-0.3, -0.25) is 0 Å². The molecule has 1 aromatic heterocycles. The molecule has 7 heteroatoms. The number of nitrogens with two attached hydrogens (primary N) is 1. The average Bonchev–Trinajstić information content (AvgIpc) is 2.23. The third-order valence-electron chi connectivity index (χ3n) is 2.10. The molecule has 1 atom stereocenters. The van der Waals surface area contributed by atoms with E-state index in [0.29, 0.717) is 11.5 Å². The molecule has 0 aliphatic heterocycles. The number of nitrogens with zero attached hydrogens (tertiary/aromatic N) is 2. The summed E-state index contributed by atoms with van der Waals surface area (Å²) < 4.78 is 0. The molecule has 0 radical (unpaired) electrons. The molecule has 1 rings (SSSR count). The number of quaternary nitrogens is 1. The highest BCUT2D eigenvalue weighted by molar-refractivity contribution is 6.33. The molecule has 0 bridgehead atoms. The van der Waals surface area contributed by atoms with Gasteiger partial charge in [0.25, 0.3) is 0 Å². The second-order valence-corrected chi connectivity index (χ2v) is 4.05. The van der Waals surface area contributed by atoms with Gasteiger partial charge in [0, 0.05) is 6.04 Å². The van der Waals surface area contributed by atoms with Crippen molar-refractivity contribution in [2.75, 3.05) is 12.4 Å². The predicted molar refractivity (Wildman–Crippen MR) is 64.0 cm³/mol. The molecular formula is C9H15Cl2N4O+. The van der Waals surface area contributed by atoms with Crippen molar-refractivity contribution in [2.45, 2.75) is 26.3 Å². The summed E-state index contributed by atoms with van der Waals surface area (Å²) in [4.78, 5) is 12.9. The summed E-state index contributed by atoms with van der Waals surface area (Å²) in [6.45, 7) is 4.11. The van der Waals surface area contributed by atoms with Crippen molar-refractivity contribution in [3.05, 3.63) is 10.4 Å². The van der Waals surface area contributed by atoms with E-state index in [2.05, 4.69) is 22.2 Å². The van der Waals surface area contributed by atoms with Gasteiger partial charge in [-0.1, -0.05) is 18.5 Å². The van der Waals surface area contributed by atoms with Gasteiger partial charge in [-0.05, 0) is 24.9 Å². The normalized spacial score (nSPS) is 12.6. The van der Waals surface area contributed by atoms with E-state index < -0.39 is 0 Å². The minimum Gasteiger partial charge on any atom is -0.362 e. The molecule has 0 amide bonds. The second kappa shape index (κ2) is 6.20. The molecule has 5 nitrogen and oxygen atoms in total. The lowest BCUT2D eigenvalue weighted by molar-refractivity contribution is -0.829. The highest BCUT2D eigenvalue weighted by Crippen LogP contribution is 2.25. The lowest BCUT2D eigenvalue weighted by Crippen LogP contribution is -2.76. The zero-order chi connectivity index (χ0) is 12.1. The van der Waals surface area contributed by atoms with Crippen molar-refractivity contribution in [1.29, 1.82) is 0 Å². The summed E-state index contributed by atoms with van der Waals surface area (Å²) >= 11 is 11.7. The van der Waals surface area contributed by atoms with Gasteiger partial charge in [0.15, 0.2) is 11.0 Å². The van der Waals surface area contributed by atoms with Crippen LogP contribution in [0.15, 0.2) is 0 Å². The molecule has 1 aromatic rings. The molecule has 0 aliphatic rings. The fourth-order valence-electron chi connectivity index (χ4n) is 1.08. The Balaban J connectivity index is 3.03. The Bertz CT molecular complexity index is 362. The van der Waals surface area contributed by atoms with Crippen LogP contribution in [0.4, 0.5) is 11.5 Å². The van der Waals surface area contributed by atoms with Crippen LogP contribution in [0.1, 0.15) is 20.3 Å². The summed E-state index contributed by atoms with van der Waals surface area (Å²) in [7, 11) is 1.54. The van der Waals surface area contributed by atoms with Gasteiger partial charge in [-0.15, -0.1) is 0 Å². The second-order valence-electron chi connectivity index (χ2n) is 3.35. The van der Waals surface area contributed by atoms with Crippen LogP contribution in [0.5, 0.6) is 0 Å². The van der Waals surface area contributed by atoms with Crippen LogP contribution in [0.3, 0.4) is 0 Å². The van der Waals surface area contributed by atoms with Gasteiger partial charge in [-0.2, -0.15) is 15.4 Å². The summed E-state index contributed by atoms with van der Waals surface area (Å²) in [5.74, 6) is 0.584. The third kappa shape index (κ3) is 3.45. The van der Waals surface area contributed by atoms with Gasteiger partial charge in [0.2, 0.25) is 11.0 Å². The highest BCUT2D eigenvalue weighted by Gasteiger charge is 2.17. The monoisotopic (exact) mass is 265 g/mol. The summed E-state index contributed by atoms with van der Waals surface area (Å²) in [6, 6.07) is 0.269. The minimum absolute atomic E-state index is 0.115. The molecule has 0 fully saturated rings. The fraction of sp³-hybridized carbons (Fsp3) is 0.556. The minimum atomic E-state index is 0.115. The predicted octanol–water partition coefficient (Wildman–Crippen LogP) is 1.75. The van der Waals surface area contributed by atoms with Gasteiger partial charge >= 0.3 is 0 Å². The Morgan fingerprint density at radius 2 is 2.12 bits per heavy atom. The standard InChI is InChI=1S/C9H14Cl2N4O/c1-4-5(2)12-8-6(15-16-3)7(10)13-9(11)14-8/h5,15H,4H2,1-3H3,(H,12,13,14)/p+1/t5-/m1/s1. The Morgan fingerprint density at radius 1 is 1.44 bits per heavy atom. The molecule has 0 saturated heterocycles. The largest absolute Gasteiger partial charge is 0.362 e. The molecule has 16 heavy (non-hydrogen) atoms. The maximum atomic E-state index is 5.95. The molecule has 0 saturated carbocycles. The number of hydrogen-bond acceptors (Lipinski definition) is 4. The maximum Gasteiger partial charge on any atom is 0.242 e. The van der Waals surface area contributed by atoms with E-state index in [1.165, 1.54) is 12.6 Å². The van der Waals surface area contributed by atoms with Crippen molar-refractivity contribution >= 4 is 34.7 Å². The van der Waals surface area contributed by atoms with Gasteiger partial charge in [0.1, 0.15) is 0 Å². The summed E-state index contributed by atoms with van der Waals surface area (Å²) in [5.41, 5.74) is 2.09. The number of nitrogens with one attached hydrogen (secondary N) is 1. The lowest BCUT2D eigenvalue weighted by atomic mass is 10.2. The summed E-state index contributed by atoms with van der Waals surface area (Å²) in [6.07, 6.45) is 0.964. The molecule has 0 unspecified atom stereocenters. The first-order valence-electron chi connectivity index (χ1n) is 4.94. The molecule has 90 valence electrons. The Morgan fingerprint density at radius 3 is 2.69 bits per heavy atom. The van der Waals surface area contributed by atoms with Crippen LogP contribution in [0.2, 0.25) is 10.4 Å². The number of hydrogen-bond donors (Lipinski definition) is 2. The number of halogens is 2. The number of aromatic nitrogens is 2. The van der Waals surface area contributed by atoms with Crippen LogP contribution in [0, 0.1) is 0 Å². The zero-order valence-corrected chi connectivity index (χ0v) is 10.9. The molecule has 0 aliphatic carbocycles. The number of anilines is 1.